The van der Waals surface area contributed by atoms with Crippen LogP contribution in [0.3, 0.4) is 0 Å². The molecule has 0 aliphatic rings. The number of esters is 1. The minimum Gasteiger partial charge on any atom is -0.451 e. The van der Waals surface area contributed by atoms with Crippen molar-refractivity contribution in [3.8, 4) is 0 Å². The third kappa shape index (κ3) is 3.79. The van der Waals surface area contributed by atoms with Gasteiger partial charge in [0.1, 0.15) is 0 Å². The minimum atomic E-state index is -0.944. The van der Waals surface area contributed by atoms with Gasteiger partial charge in [-0.1, -0.05) is 30.3 Å². The van der Waals surface area contributed by atoms with Crippen molar-refractivity contribution in [3.05, 3.63) is 75.3 Å². The van der Waals surface area contributed by atoms with E-state index in [1.54, 1.807) is 30.3 Å². The molecule has 0 fully saturated rings. The number of carbonyl (C=O) groups excluding carboxylic acids is 2. The van der Waals surface area contributed by atoms with E-state index in [0.717, 1.165) is 0 Å². The fourth-order valence-electron chi connectivity index (χ4n) is 2.11. The van der Waals surface area contributed by atoms with E-state index in [9.17, 15) is 19.7 Å². The number of benzene rings is 2. The highest BCUT2D eigenvalue weighted by Gasteiger charge is 2.21. The Morgan fingerprint density at radius 2 is 1.74 bits per heavy atom. The Hall–Kier alpha value is -3.02. The number of nitro groups is 1. The van der Waals surface area contributed by atoms with E-state index < -0.39 is 17.0 Å². The standard InChI is InChI=1S/C17H15NO5/c1-11-10-14(8-9-15(11)18(21)22)17(20)23-12(2)16(19)13-6-4-3-5-7-13/h3-10,12H,1-2H3/t12-/m0/s1. The van der Waals surface area contributed by atoms with Gasteiger partial charge in [-0.05, 0) is 26.0 Å². The van der Waals surface area contributed by atoms with Gasteiger partial charge in [0, 0.05) is 17.2 Å². The molecule has 0 saturated heterocycles. The normalized spacial score (nSPS) is 11.6. The van der Waals surface area contributed by atoms with Crippen molar-refractivity contribution in [1.82, 2.24) is 0 Å². The second kappa shape index (κ2) is 6.83. The fraction of sp³-hybridized carbons (Fsp3) is 0.176. The third-order valence-electron chi connectivity index (χ3n) is 3.34. The Kier molecular flexibility index (Phi) is 4.85. The molecule has 0 bridgehead atoms. The van der Waals surface area contributed by atoms with Crippen LogP contribution < -0.4 is 0 Å². The minimum absolute atomic E-state index is 0.0741. The Labute approximate surface area is 132 Å². The van der Waals surface area contributed by atoms with E-state index in [4.69, 9.17) is 4.74 Å². The van der Waals surface area contributed by atoms with Crippen LogP contribution in [0.4, 0.5) is 5.69 Å². The maximum absolute atomic E-state index is 12.2. The predicted octanol–water partition coefficient (Wildman–Crippen LogP) is 3.33. The summed E-state index contributed by atoms with van der Waals surface area (Å²) in [6.07, 6.45) is -0.944. The number of ether oxygens (including phenoxy) is 1. The largest absolute Gasteiger partial charge is 0.451 e. The lowest BCUT2D eigenvalue weighted by Gasteiger charge is -2.12. The molecule has 0 amide bonds. The lowest BCUT2D eigenvalue weighted by molar-refractivity contribution is -0.385. The van der Waals surface area contributed by atoms with Crippen LogP contribution >= 0.6 is 0 Å². The molecule has 0 heterocycles. The molecule has 1 atom stereocenters. The van der Waals surface area contributed by atoms with Crippen LogP contribution in [0.25, 0.3) is 0 Å². The van der Waals surface area contributed by atoms with Gasteiger partial charge in [0.05, 0.1) is 10.5 Å². The van der Waals surface area contributed by atoms with Gasteiger partial charge in [-0.3, -0.25) is 14.9 Å². The van der Waals surface area contributed by atoms with Crippen LogP contribution in [0.5, 0.6) is 0 Å². The second-order valence-corrected chi connectivity index (χ2v) is 5.04. The van der Waals surface area contributed by atoms with Crippen LogP contribution in [0.2, 0.25) is 0 Å². The molecule has 0 N–H and O–H groups in total. The zero-order valence-corrected chi connectivity index (χ0v) is 12.7. The SMILES string of the molecule is Cc1cc(C(=O)O[C@@H](C)C(=O)c2ccccc2)ccc1[N+](=O)[O-]. The Bertz CT molecular complexity index is 755. The number of nitrogens with zero attached hydrogens (tertiary/aromatic N) is 1. The van der Waals surface area contributed by atoms with E-state index in [1.165, 1.54) is 32.0 Å². The first-order valence-corrected chi connectivity index (χ1v) is 6.95. The van der Waals surface area contributed by atoms with E-state index in [-0.39, 0.29) is 17.0 Å². The van der Waals surface area contributed by atoms with Crippen LogP contribution in [0.1, 0.15) is 33.2 Å². The molecule has 2 rings (SSSR count). The summed E-state index contributed by atoms with van der Waals surface area (Å²) in [5, 5.41) is 10.8. The van der Waals surface area contributed by atoms with Crippen molar-refractivity contribution in [2.24, 2.45) is 0 Å². The predicted molar refractivity (Wildman–Crippen MR) is 83.5 cm³/mol. The number of Topliss-reactive ketones (excluding diaryl/α,β-unsaturated/α-hetero) is 1. The molecule has 118 valence electrons. The maximum atomic E-state index is 12.2. The highest BCUT2D eigenvalue weighted by Crippen LogP contribution is 2.19. The number of aryl methyl sites for hydroxylation is 1. The Morgan fingerprint density at radius 1 is 1.09 bits per heavy atom. The van der Waals surface area contributed by atoms with Crippen molar-refractivity contribution in [2.45, 2.75) is 20.0 Å². The monoisotopic (exact) mass is 313 g/mol. The quantitative estimate of drug-likeness (QED) is 0.366. The van der Waals surface area contributed by atoms with Crippen molar-refractivity contribution in [1.29, 1.82) is 0 Å². The summed E-state index contributed by atoms with van der Waals surface area (Å²) in [7, 11) is 0. The van der Waals surface area contributed by atoms with Gasteiger partial charge in [0.2, 0.25) is 5.78 Å². The zero-order valence-electron chi connectivity index (χ0n) is 12.7. The Morgan fingerprint density at radius 3 is 2.30 bits per heavy atom. The molecule has 2 aromatic rings. The summed E-state index contributed by atoms with van der Waals surface area (Å²) in [6.45, 7) is 3.03. The molecule has 6 heteroatoms. The lowest BCUT2D eigenvalue weighted by atomic mass is 10.1. The van der Waals surface area contributed by atoms with Gasteiger partial charge < -0.3 is 4.74 Å². The highest BCUT2D eigenvalue weighted by molar-refractivity contribution is 6.01. The number of nitro benzene ring substituents is 1. The molecule has 0 radical (unpaired) electrons. The fourth-order valence-corrected chi connectivity index (χ4v) is 2.11. The molecule has 2 aromatic carbocycles. The van der Waals surface area contributed by atoms with Gasteiger partial charge in [-0.15, -0.1) is 0 Å². The number of carbonyl (C=O) groups is 2. The smallest absolute Gasteiger partial charge is 0.338 e. The van der Waals surface area contributed by atoms with Crippen LogP contribution in [0, 0.1) is 17.0 Å². The van der Waals surface area contributed by atoms with E-state index in [1.807, 2.05) is 0 Å². The van der Waals surface area contributed by atoms with Gasteiger partial charge >= 0.3 is 5.97 Å². The number of rotatable bonds is 5. The first-order chi connectivity index (χ1) is 10.9. The first-order valence-electron chi connectivity index (χ1n) is 6.95. The van der Waals surface area contributed by atoms with Crippen LogP contribution in [-0.2, 0) is 4.74 Å². The van der Waals surface area contributed by atoms with Crippen LogP contribution in [-0.4, -0.2) is 22.8 Å². The number of hydrogen-bond acceptors (Lipinski definition) is 5. The summed E-state index contributed by atoms with van der Waals surface area (Å²) in [5.41, 5.74) is 0.898. The zero-order chi connectivity index (χ0) is 17.0. The molecule has 6 nitrogen and oxygen atoms in total. The van der Waals surface area contributed by atoms with E-state index in [2.05, 4.69) is 0 Å². The third-order valence-corrected chi connectivity index (χ3v) is 3.34. The average molecular weight is 313 g/mol. The molecule has 0 unspecified atom stereocenters. The van der Waals surface area contributed by atoms with E-state index in [0.29, 0.717) is 11.1 Å². The second-order valence-electron chi connectivity index (χ2n) is 5.04. The summed E-state index contributed by atoms with van der Waals surface area (Å²) in [5.74, 6) is -1.00. The van der Waals surface area contributed by atoms with Gasteiger partial charge in [-0.25, -0.2) is 4.79 Å². The molecule has 23 heavy (non-hydrogen) atoms. The molecular weight excluding hydrogens is 298 g/mol. The molecule has 0 aliphatic heterocycles. The average Bonchev–Trinajstić information content (AvgIpc) is 2.54. The maximum Gasteiger partial charge on any atom is 0.338 e. The van der Waals surface area contributed by atoms with Gasteiger partial charge in [0.25, 0.3) is 5.69 Å². The summed E-state index contributed by atoms with van der Waals surface area (Å²) in [4.78, 5) is 34.5. The summed E-state index contributed by atoms with van der Waals surface area (Å²) >= 11 is 0. The molecule has 0 saturated carbocycles. The molecule has 0 aromatic heterocycles. The summed E-state index contributed by atoms with van der Waals surface area (Å²) in [6, 6.07) is 12.4. The first kappa shape index (κ1) is 16.4. The lowest BCUT2D eigenvalue weighted by Crippen LogP contribution is -2.24. The molecular formula is C17H15NO5. The van der Waals surface area contributed by atoms with Crippen LogP contribution in [0.15, 0.2) is 48.5 Å². The highest BCUT2D eigenvalue weighted by atomic mass is 16.6. The Balaban J connectivity index is 2.11. The van der Waals surface area contributed by atoms with Crippen molar-refractivity contribution in [2.75, 3.05) is 0 Å². The molecule has 0 spiro atoms. The van der Waals surface area contributed by atoms with Crippen molar-refractivity contribution < 1.29 is 19.2 Å². The molecule has 0 aliphatic carbocycles. The van der Waals surface area contributed by atoms with E-state index >= 15 is 0 Å². The number of hydrogen-bond donors (Lipinski definition) is 0. The van der Waals surface area contributed by atoms with Crippen molar-refractivity contribution >= 4 is 17.4 Å². The summed E-state index contributed by atoms with van der Waals surface area (Å²) < 4.78 is 5.15. The van der Waals surface area contributed by atoms with Gasteiger partial charge in [0.15, 0.2) is 6.10 Å². The topological polar surface area (TPSA) is 86.5 Å². The van der Waals surface area contributed by atoms with Gasteiger partial charge in [-0.2, -0.15) is 0 Å². The van der Waals surface area contributed by atoms with Crippen molar-refractivity contribution in [3.63, 3.8) is 0 Å². The number of ketones is 1.